The average molecular weight is 895 g/mol. The van der Waals surface area contributed by atoms with Gasteiger partial charge in [-0.3, -0.25) is 0 Å². The van der Waals surface area contributed by atoms with E-state index in [1.54, 1.807) is 36.5 Å². The van der Waals surface area contributed by atoms with Crippen LogP contribution in [0.15, 0.2) is 200 Å². The maximum atomic E-state index is 11.6. The molecule has 4 heteroatoms. The van der Waals surface area contributed by atoms with Gasteiger partial charge in [0.25, 0.3) is 0 Å². The minimum Gasteiger partial charge on any atom is -0.319 e. The van der Waals surface area contributed by atoms with Gasteiger partial charge in [0.1, 0.15) is 0 Å². The van der Waals surface area contributed by atoms with E-state index in [1.165, 1.54) is 18.2 Å². The van der Waals surface area contributed by atoms with Gasteiger partial charge in [-0.1, -0.05) is 146 Å². The first-order valence-corrected chi connectivity index (χ1v) is 17.3. The van der Waals surface area contributed by atoms with Crippen molar-refractivity contribution in [3.63, 3.8) is 0 Å². The van der Waals surface area contributed by atoms with Crippen molar-refractivity contribution in [2.24, 2.45) is 0 Å². The summed E-state index contributed by atoms with van der Waals surface area (Å²) < 4.78 is 0. The second-order valence-electron chi connectivity index (χ2n) is 11.4. The van der Waals surface area contributed by atoms with Crippen LogP contribution in [0.4, 0.5) is 0 Å². The molecule has 3 nitrogen and oxygen atoms in total. The second-order valence-corrected chi connectivity index (χ2v) is 11.4. The number of benzene rings is 6. The fraction of sp³-hybridized carbons (Fsp3) is 0. The predicted molar refractivity (Wildman–Crippen MR) is 224 cm³/mol. The van der Waals surface area contributed by atoms with Crippen molar-refractivity contribution in [2.45, 2.75) is 0 Å². The van der Waals surface area contributed by atoms with Crippen LogP contribution in [-0.2, 0) is 35.4 Å². The van der Waals surface area contributed by atoms with Crippen LogP contribution in [0.25, 0.3) is 36.5 Å². The zero-order valence-electron chi connectivity index (χ0n) is 30.1. The van der Waals surface area contributed by atoms with E-state index in [-0.39, 0.29) is 38.4 Å². The zero-order valence-corrected chi connectivity index (χ0v) is 32.3. The predicted octanol–water partition coefficient (Wildman–Crippen LogP) is 11.4. The van der Waals surface area contributed by atoms with E-state index >= 15 is 0 Å². The zero-order chi connectivity index (χ0) is 37.9. The molecule has 55 heavy (non-hydrogen) atoms. The van der Waals surface area contributed by atoms with Gasteiger partial charge in [-0.2, -0.15) is 18.2 Å². The molecule has 0 N–H and O–H groups in total. The standard InChI is InChI=1S/3C17H13O.Pt/c3*18-17(13-11-15-7-3-1-4-8-15)14-12-16-9-5-2-6-10-16;/h3*1-13H;/q3*-1;. The van der Waals surface area contributed by atoms with Crippen LogP contribution < -0.4 is 0 Å². The van der Waals surface area contributed by atoms with Crippen molar-refractivity contribution in [1.29, 1.82) is 0 Å². The van der Waals surface area contributed by atoms with Crippen LogP contribution in [0.3, 0.4) is 0 Å². The average Bonchev–Trinajstić information content (AvgIpc) is 3.24. The van der Waals surface area contributed by atoms with E-state index in [2.05, 4.69) is 18.2 Å². The number of hydrogen-bond donors (Lipinski definition) is 0. The third-order valence-electron chi connectivity index (χ3n) is 7.22. The summed E-state index contributed by atoms with van der Waals surface area (Å²) in [6.07, 6.45) is 23.2. The maximum Gasteiger partial charge on any atom is 0.0684 e. The van der Waals surface area contributed by atoms with Crippen LogP contribution in [0.2, 0.25) is 0 Å². The Morgan fingerprint density at radius 3 is 0.673 bits per heavy atom. The van der Waals surface area contributed by atoms with E-state index in [1.807, 2.05) is 182 Å². The van der Waals surface area contributed by atoms with Gasteiger partial charge in [-0.05, 0) is 16.7 Å². The third kappa shape index (κ3) is 19.2. The largest absolute Gasteiger partial charge is 0.319 e. The minimum absolute atomic E-state index is 0. The molecule has 0 aliphatic carbocycles. The molecule has 0 radical (unpaired) electrons. The van der Waals surface area contributed by atoms with Gasteiger partial charge in [-0.15, -0.1) is 108 Å². The molecule has 274 valence electrons. The molecule has 6 rings (SSSR count). The van der Waals surface area contributed by atoms with Crippen molar-refractivity contribution in [3.8, 4) is 0 Å². The van der Waals surface area contributed by atoms with Gasteiger partial charge in [-0.25, -0.2) is 0 Å². The van der Waals surface area contributed by atoms with Crippen molar-refractivity contribution < 1.29 is 35.4 Å². The molecule has 0 bridgehead atoms. The number of allylic oxidation sites excluding steroid dienone is 6. The van der Waals surface area contributed by atoms with Gasteiger partial charge in [0, 0.05) is 21.1 Å². The maximum absolute atomic E-state index is 11.6. The van der Waals surface area contributed by atoms with E-state index in [0.717, 1.165) is 33.4 Å². The summed E-state index contributed by atoms with van der Waals surface area (Å²) in [5, 5.41) is 0. The Labute approximate surface area is 339 Å². The summed E-state index contributed by atoms with van der Waals surface area (Å²) in [5.74, 6) is -0.409. The van der Waals surface area contributed by atoms with Crippen LogP contribution >= 0.6 is 0 Å². The Morgan fingerprint density at radius 1 is 0.291 bits per heavy atom. The molecule has 0 amide bonds. The van der Waals surface area contributed by atoms with Crippen molar-refractivity contribution in [1.82, 2.24) is 0 Å². The van der Waals surface area contributed by atoms with Crippen LogP contribution in [0.5, 0.6) is 0 Å². The molecule has 0 unspecified atom stereocenters. The van der Waals surface area contributed by atoms with Crippen molar-refractivity contribution in [3.05, 3.63) is 252 Å². The fourth-order valence-corrected chi connectivity index (χ4v) is 4.46. The molecule has 6 aromatic carbocycles. The molecule has 0 fully saturated rings. The monoisotopic (exact) mass is 894 g/mol. The Kier molecular flexibility index (Phi) is 20.5. The molecular formula is C51H39O3Pt-3. The van der Waals surface area contributed by atoms with E-state index in [9.17, 15) is 14.4 Å². The smallest absolute Gasteiger partial charge is 0.0684 e. The normalized spacial score (nSPS) is 10.9. The number of carbonyl (C=O) groups is 3. The van der Waals surface area contributed by atoms with Crippen LogP contribution in [-0.4, -0.2) is 17.3 Å². The SMILES string of the molecule is O=C([C-]=Cc1ccccc1)C=Cc1ccccc1.O=C([C-]=Cc1ccccc1)C=Cc1ccccc1.O=C([C-]=Cc1ccccc1)C=Cc1ccccc1.[Pt]. The first kappa shape index (κ1) is 42.9. The summed E-state index contributed by atoms with van der Waals surface area (Å²) in [5.41, 5.74) is 5.93. The number of rotatable bonds is 12. The van der Waals surface area contributed by atoms with Gasteiger partial charge in [0.2, 0.25) is 0 Å². The summed E-state index contributed by atoms with van der Waals surface area (Å²) >= 11 is 0. The minimum atomic E-state index is -0.136. The molecule has 0 aromatic heterocycles. The van der Waals surface area contributed by atoms with E-state index < -0.39 is 0 Å². The molecule has 6 aromatic rings. The Morgan fingerprint density at radius 2 is 0.473 bits per heavy atom. The molecule has 0 saturated carbocycles. The second kappa shape index (κ2) is 26.3. The molecule has 0 heterocycles. The van der Waals surface area contributed by atoms with Gasteiger partial charge < -0.3 is 14.4 Å². The number of hydrogen-bond acceptors (Lipinski definition) is 3. The Balaban J connectivity index is 0.000000220. The molecule has 0 spiro atoms. The number of carbonyl (C=O) groups excluding carboxylic acids is 3. The van der Waals surface area contributed by atoms with Gasteiger partial charge in [0.15, 0.2) is 0 Å². The summed E-state index contributed by atoms with van der Waals surface area (Å²) in [4.78, 5) is 34.7. The quantitative estimate of drug-likeness (QED) is 0.0908. The van der Waals surface area contributed by atoms with Gasteiger partial charge in [0.05, 0.1) is 17.3 Å². The van der Waals surface area contributed by atoms with E-state index in [4.69, 9.17) is 0 Å². The summed E-state index contributed by atoms with van der Waals surface area (Å²) in [7, 11) is 0. The van der Waals surface area contributed by atoms with Crippen LogP contribution in [0, 0.1) is 18.2 Å². The molecule has 0 aliphatic rings. The van der Waals surface area contributed by atoms with E-state index in [0.29, 0.717) is 0 Å². The topological polar surface area (TPSA) is 51.2 Å². The van der Waals surface area contributed by atoms with Crippen molar-refractivity contribution >= 4 is 53.8 Å². The summed E-state index contributed by atoms with van der Waals surface area (Å²) in [6, 6.07) is 58.1. The number of ketones is 3. The first-order chi connectivity index (χ1) is 26.5. The van der Waals surface area contributed by atoms with Gasteiger partial charge >= 0.3 is 0 Å². The fourth-order valence-electron chi connectivity index (χ4n) is 4.46. The molecule has 0 aliphatic heterocycles. The Hall–Kier alpha value is -6.54. The Bertz CT molecular complexity index is 1760. The molecule has 0 saturated heterocycles. The van der Waals surface area contributed by atoms with Crippen LogP contribution in [0.1, 0.15) is 33.4 Å². The summed E-state index contributed by atoms with van der Waals surface area (Å²) in [6.45, 7) is 0. The molecule has 0 atom stereocenters. The van der Waals surface area contributed by atoms with Crippen molar-refractivity contribution in [2.75, 3.05) is 0 Å². The first-order valence-electron chi connectivity index (χ1n) is 17.3. The molecular weight excluding hydrogens is 856 g/mol. The third-order valence-corrected chi connectivity index (χ3v) is 7.22.